The van der Waals surface area contributed by atoms with Gasteiger partial charge in [-0.2, -0.15) is 0 Å². The largest absolute Gasteiger partial charge is 0.493 e. The summed E-state index contributed by atoms with van der Waals surface area (Å²) in [6.45, 7) is 12.9. The molecule has 1 amide bonds. The molecule has 0 unspecified atom stereocenters. The summed E-state index contributed by atoms with van der Waals surface area (Å²) >= 11 is 0. The minimum absolute atomic E-state index is 0.227. The number of carbonyl (C=O) groups excluding carboxylic acids is 1. The second-order valence-electron chi connectivity index (χ2n) is 11.2. The molecule has 2 aromatic carbocycles. The van der Waals surface area contributed by atoms with E-state index >= 15 is 0 Å². The fraction of sp³-hybridized carbons (Fsp3) is 0.500. The van der Waals surface area contributed by atoms with Crippen LogP contribution < -0.4 is 10.1 Å². The number of fused-ring (bicyclic) bond motifs is 1. The van der Waals surface area contributed by atoms with E-state index in [0.717, 1.165) is 48.3 Å². The Bertz CT molecular complexity index is 1180. The zero-order chi connectivity index (χ0) is 26.4. The summed E-state index contributed by atoms with van der Waals surface area (Å²) in [5.41, 5.74) is 3.06. The number of nitrogens with zero attached hydrogens (tertiary/aromatic N) is 3. The van der Waals surface area contributed by atoms with E-state index < -0.39 is 5.60 Å². The van der Waals surface area contributed by atoms with Crippen molar-refractivity contribution in [1.82, 2.24) is 14.9 Å². The van der Waals surface area contributed by atoms with Gasteiger partial charge in [0.05, 0.1) is 12.1 Å². The van der Waals surface area contributed by atoms with Gasteiger partial charge in [0.1, 0.15) is 23.5 Å². The minimum Gasteiger partial charge on any atom is -0.493 e. The highest BCUT2D eigenvalue weighted by molar-refractivity contribution is 5.89. The summed E-state index contributed by atoms with van der Waals surface area (Å²) in [7, 11) is 0. The second kappa shape index (κ2) is 11.8. The molecular weight excluding hydrogens is 464 g/mol. The number of anilines is 1. The molecule has 3 aromatic rings. The van der Waals surface area contributed by atoms with E-state index in [-0.39, 0.29) is 6.09 Å². The molecule has 0 spiro atoms. The Kier molecular flexibility index (Phi) is 8.52. The number of benzene rings is 2. The number of piperidine rings is 1. The Labute approximate surface area is 220 Å². The van der Waals surface area contributed by atoms with Crippen LogP contribution in [-0.2, 0) is 11.2 Å². The van der Waals surface area contributed by atoms with Crippen molar-refractivity contribution in [3.8, 4) is 5.75 Å². The van der Waals surface area contributed by atoms with E-state index in [1.165, 1.54) is 11.1 Å². The highest BCUT2D eigenvalue weighted by Gasteiger charge is 2.27. The molecule has 0 saturated carbocycles. The molecular formula is C30H40N4O3. The zero-order valence-electron chi connectivity index (χ0n) is 22.8. The van der Waals surface area contributed by atoms with Crippen molar-refractivity contribution < 1.29 is 14.3 Å². The van der Waals surface area contributed by atoms with Crippen molar-refractivity contribution in [1.29, 1.82) is 0 Å². The quantitative estimate of drug-likeness (QED) is 0.381. The maximum atomic E-state index is 12.3. The van der Waals surface area contributed by atoms with Crippen molar-refractivity contribution in [3.63, 3.8) is 0 Å². The summed E-state index contributed by atoms with van der Waals surface area (Å²) in [4.78, 5) is 23.0. The van der Waals surface area contributed by atoms with Gasteiger partial charge in [0.2, 0.25) is 0 Å². The number of likely N-dealkylation sites (tertiary alicyclic amines) is 1. The molecule has 1 aliphatic rings. The van der Waals surface area contributed by atoms with Crippen LogP contribution in [0.2, 0.25) is 0 Å². The number of carbonyl (C=O) groups is 1. The molecule has 1 fully saturated rings. The van der Waals surface area contributed by atoms with E-state index in [0.29, 0.717) is 31.5 Å². The van der Waals surface area contributed by atoms with Crippen molar-refractivity contribution >= 4 is 22.8 Å². The molecule has 0 radical (unpaired) electrons. The molecule has 0 bridgehead atoms. The van der Waals surface area contributed by atoms with Gasteiger partial charge in [-0.05, 0) is 75.1 Å². The SMILES string of the molecule is CC(C)c1ccc(CCNc2ncnc3cc(OCC4CCN(C(=O)OC(C)(C)C)CC4)ccc23)cc1. The molecule has 4 rings (SSSR count). The summed E-state index contributed by atoms with van der Waals surface area (Å²) in [6, 6.07) is 14.8. The van der Waals surface area contributed by atoms with E-state index in [2.05, 4.69) is 53.4 Å². The van der Waals surface area contributed by atoms with Crippen LogP contribution in [-0.4, -0.2) is 52.8 Å². The first kappa shape index (κ1) is 26.7. The Hall–Kier alpha value is -3.35. The maximum absolute atomic E-state index is 12.3. The van der Waals surface area contributed by atoms with Gasteiger partial charge in [-0.3, -0.25) is 0 Å². The monoisotopic (exact) mass is 504 g/mol. The molecule has 1 aliphatic heterocycles. The van der Waals surface area contributed by atoms with Gasteiger partial charge in [-0.25, -0.2) is 14.8 Å². The third-order valence-corrected chi connectivity index (χ3v) is 6.71. The lowest BCUT2D eigenvalue weighted by atomic mass is 9.98. The number of nitrogens with one attached hydrogen (secondary N) is 1. The van der Waals surface area contributed by atoms with E-state index in [1.807, 2.05) is 39.0 Å². The zero-order valence-corrected chi connectivity index (χ0v) is 22.8. The van der Waals surface area contributed by atoms with E-state index in [9.17, 15) is 4.79 Å². The Morgan fingerprint density at radius 1 is 1.08 bits per heavy atom. The topological polar surface area (TPSA) is 76.6 Å². The van der Waals surface area contributed by atoms with Gasteiger partial charge in [-0.1, -0.05) is 38.1 Å². The maximum Gasteiger partial charge on any atom is 0.410 e. The summed E-state index contributed by atoms with van der Waals surface area (Å²) in [6.07, 6.45) is 4.11. The highest BCUT2D eigenvalue weighted by Crippen LogP contribution is 2.26. The summed E-state index contributed by atoms with van der Waals surface area (Å²) in [5.74, 6) is 2.60. The number of hydrogen-bond donors (Lipinski definition) is 1. The number of aromatic nitrogens is 2. The van der Waals surface area contributed by atoms with Crippen LogP contribution in [0.4, 0.5) is 10.6 Å². The van der Waals surface area contributed by atoms with Gasteiger partial charge in [-0.15, -0.1) is 0 Å². The first-order chi connectivity index (χ1) is 17.7. The highest BCUT2D eigenvalue weighted by atomic mass is 16.6. The van der Waals surface area contributed by atoms with Gasteiger partial charge >= 0.3 is 6.09 Å². The van der Waals surface area contributed by atoms with Crippen molar-refractivity contribution in [3.05, 3.63) is 59.9 Å². The van der Waals surface area contributed by atoms with Crippen molar-refractivity contribution in [2.45, 2.75) is 65.4 Å². The van der Waals surface area contributed by atoms with E-state index in [1.54, 1.807) is 11.2 Å². The number of rotatable bonds is 8. The summed E-state index contributed by atoms with van der Waals surface area (Å²) in [5, 5.41) is 4.45. The smallest absolute Gasteiger partial charge is 0.410 e. The van der Waals surface area contributed by atoms with Crippen molar-refractivity contribution in [2.75, 3.05) is 31.6 Å². The van der Waals surface area contributed by atoms with Crippen LogP contribution in [0.15, 0.2) is 48.8 Å². The van der Waals surface area contributed by atoms with Crippen molar-refractivity contribution in [2.24, 2.45) is 5.92 Å². The molecule has 7 heteroatoms. The molecule has 1 N–H and O–H groups in total. The fourth-order valence-corrected chi connectivity index (χ4v) is 4.48. The van der Waals surface area contributed by atoms with E-state index in [4.69, 9.17) is 9.47 Å². The van der Waals surface area contributed by atoms with Crippen LogP contribution in [0.25, 0.3) is 10.9 Å². The third kappa shape index (κ3) is 7.57. The van der Waals surface area contributed by atoms with Gasteiger partial charge in [0.25, 0.3) is 0 Å². The number of amides is 1. The van der Waals surface area contributed by atoms with Crippen LogP contribution in [0, 0.1) is 5.92 Å². The molecule has 1 saturated heterocycles. The van der Waals surface area contributed by atoms with Crippen LogP contribution >= 0.6 is 0 Å². The first-order valence-electron chi connectivity index (χ1n) is 13.4. The molecule has 198 valence electrons. The molecule has 0 aliphatic carbocycles. The first-order valence-corrected chi connectivity index (χ1v) is 13.4. The lowest BCUT2D eigenvalue weighted by Crippen LogP contribution is -2.42. The molecule has 7 nitrogen and oxygen atoms in total. The molecule has 2 heterocycles. The molecule has 37 heavy (non-hydrogen) atoms. The molecule has 1 aromatic heterocycles. The normalized spacial score (nSPS) is 14.7. The van der Waals surface area contributed by atoms with Gasteiger partial charge < -0.3 is 19.7 Å². The Balaban J connectivity index is 1.27. The Morgan fingerprint density at radius 3 is 2.49 bits per heavy atom. The minimum atomic E-state index is -0.467. The fourth-order valence-electron chi connectivity index (χ4n) is 4.48. The average molecular weight is 505 g/mol. The van der Waals surface area contributed by atoms with Crippen LogP contribution in [0.1, 0.15) is 64.5 Å². The predicted octanol–water partition coefficient (Wildman–Crippen LogP) is 6.43. The summed E-state index contributed by atoms with van der Waals surface area (Å²) < 4.78 is 11.6. The van der Waals surface area contributed by atoms with Gasteiger partial charge in [0, 0.05) is 31.1 Å². The number of ether oxygens (including phenoxy) is 2. The average Bonchev–Trinajstić information content (AvgIpc) is 2.87. The predicted molar refractivity (Wildman–Crippen MR) is 148 cm³/mol. The standard InChI is InChI=1S/C30H40N4O3/c1-21(2)24-8-6-22(7-9-24)12-15-31-28-26-11-10-25(18-27(26)32-20-33-28)36-19-23-13-16-34(17-14-23)29(35)37-30(3,4)5/h6-11,18,20-21,23H,12-17,19H2,1-5H3,(H,31,32,33). The Morgan fingerprint density at radius 2 is 1.81 bits per heavy atom. The second-order valence-corrected chi connectivity index (χ2v) is 11.2. The lowest BCUT2D eigenvalue weighted by molar-refractivity contribution is 0.0165. The lowest BCUT2D eigenvalue weighted by Gasteiger charge is -2.33. The van der Waals surface area contributed by atoms with Crippen LogP contribution in [0.5, 0.6) is 5.75 Å². The molecule has 0 atom stereocenters. The van der Waals surface area contributed by atoms with Crippen LogP contribution in [0.3, 0.4) is 0 Å². The third-order valence-electron chi connectivity index (χ3n) is 6.71. The van der Waals surface area contributed by atoms with Gasteiger partial charge in [0.15, 0.2) is 0 Å². The number of hydrogen-bond acceptors (Lipinski definition) is 6.